The molecule has 0 aromatic heterocycles. The van der Waals surface area contributed by atoms with Gasteiger partial charge in [-0.3, -0.25) is 4.57 Å². The largest absolute Gasteiger partial charge is 0.376 e. The van der Waals surface area contributed by atoms with E-state index in [1.165, 1.54) is 0 Å². The fraction of sp³-hybridized carbons (Fsp3) is 1.00. The molecule has 3 saturated heterocycles. The fourth-order valence-corrected chi connectivity index (χ4v) is 5.07. The van der Waals surface area contributed by atoms with Crippen molar-refractivity contribution in [2.75, 3.05) is 19.3 Å². The van der Waals surface area contributed by atoms with Crippen LogP contribution in [-0.4, -0.2) is 43.7 Å². The lowest BCUT2D eigenvalue weighted by Crippen LogP contribution is -2.35. The van der Waals surface area contributed by atoms with E-state index in [4.69, 9.17) is 22.6 Å². The average molecular weight is 309 g/mol. The third-order valence-electron chi connectivity index (χ3n) is 4.18. The monoisotopic (exact) mass is 309 g/mol. The molecule has 0 spiro atoms. The lowest BCUT2D eigenvalue weighted by atomic mass is 9.97. The third-order valence-corrected chi connectivity index (χ3v) is 6.22. The van der Waals surface area contributed by atoms with Gasteiger partial charge in [-0.05, 0) is 32.1 Å². The molecule has 3 aliphatic rings. The first-order valence-electron chi connectivity index (χ1n) is 9.17. The molecule has 0 amide bonds. The first-order chi connectivity index (χ1) is 10.9. The number of rotatable bonds is 3. The van der Waals surface area contributed by atoms with Gasteiger partial charge in [0.25, 0.3) is 0 Å². The van der Waals surface area contributed by atoms with Crippen LogP contribution >= 0.6 is 7.60 Å². The van der Waals surface area contributed by atoms with Crippen LogP contribution in [0.4, 0.5) is 0 Å². The molecule has 3 fully saturated rings. The Hall–Kier alpha value is 0.0700. The summed E-state index contributed by atoms with van der Waals surface area (Å²) in [6.07, 6.45) is 1.21. The molecule has 0 N–H and O–H groups in total. The van der Waals surface area contributed by atoms with Crippen LogP contribution < -0.4 is 0 Å². The van der Waals surface area contributed by atoms with Gasteiger partial charge in [0.2, 0.25) is 0 Å². The molecule has 20 heavy (non-hydrogen) atoms. The Labute approximate surface area is 125 Å². The Morgan fingerprint density at radius 1 is 1.35 bits per heavy atom. The van der Waals surface area contributed by atoms with E-state index in [1.807, 2.05) is 6.92 Å². The van der Waals surface area contributed by atoms with Crippen molar-refractivity contribution >= 4 is 7.60 Å². The van der Waals surface area contributed by atoms with E-state index in [9.17, 15) is 4.57 Å². The fourth-order valence-electron chi connectivity index (χ4n) is 2.97. The lowest BCUT2D eigenvalue weighted by molar-refractivity contribution is -0.0278. The molecule has 0 aromatic carbocycles. The van der Waals surface area contributed by atoms with Crippen molar-refractivity contribution in [3.8, 4) is 0 Å². The smallest absolute Gasteiger partial charge is 0.331 e. The molecular formula is C14H25O5P. The van der Waals surface area contributed by atoms with Crippen LogP contribution in [0.15, 0.2) is 0 Å². The Morgan fingerprint density at radius 3 is 2.95 bits per heavy atom. The summed E-state index contributed by atoms with van der Waals surface area (Å²) in [5.74, 6) is 0.197. The zero-order valence-corrected chi connectivity index (χ0v) is 12.7. The summed E-state index contributed by atoms with van der Waals surface area (Å²) >= 11 is 0. The highest BCUT2D eigenvalue weighted by atomic mass is 31.2. The molecule has 3 heterocycles. The molecule has 8 atom stereocenters. The molecule has 0 saturated carbocycles. The molecule has 0 aliphatic carbocycles. The molecule has 0 unspecified atom stereocenters. The van der Waals surface area contributed by atoms with E-state index in [-0.39, 0.29) is 25.0 Å². The minimum Gasteiger partial charge on any atom is -0.376 e. The maximum Gasteiger partial charge on any atom is 0.331 e. The first-order valence-corrected chi connectivity index (χ1v) is 9.03. The van der Waals surface area contributed by atoms with Gasteiger partial charge in [0.05, 0.1) is 33.3 Å². The summed E-state index contributed by atoms with van der Waals surface area (Å²) in [4.78, 5) is 0. The van der Waals surface area contributed by atoms with Crippen LogP contribution in [0, 0.1) is 5.92 Å². The van der Waals surface area contributed by atoms with Crippen LogP contribution in [-0.2, 0) is 23.1 Å². The van der Waals surface area contributed by atoms with Gasteiger partial charge < -0.3 is 18.5 Å². The molecule has 0 bridgehead atoms. The van der Waals surface area contributed by atoms with E-state index >= 15 is 0 Å². The van der Waals surface area contributed by atoms with Gasteiger partial charge in [0.1, 0.15) is 0 Å². The van der Waals surface area contributed by atoms with Crippen molar-refractivity contribution < 1.29 is 27.2 Å². The molecule has 6 heteroatoms. The second kappa shape index (κ2) is 6.05. The summed E-state index contributed by atoms with van der Waals surface area (Å²) in [5.41, 5.74) is 0. The molecule has 5 nitrogen and oxygen atoms in total. The van der Waals surface area contributed by atoms with Gasteiger partial charge in [-0.15, -0.1) is 0 Å². The van der Waals surface area contributed by atoms with Crippen molar-refractivity contribution in [1.29, 1.82) is 0 Å². The lowest BCUT2D eigenvalue weighted by Gasteiger charge is -2.35. The Kier molecular flexibility index (Phi) is 3.52. The van der Waals surface area contributed by atoms with E-state index in [0.29, 0.717) is 19.0 Å². The number of hydrogen-bond donors (Lipinski definition) is 0. The Balaban J connectivity index is 1.64. The minimum absolute atomic E-state index is 0.0211. The highest BCUT2D eigenvalue weighted by Crippen LogP contribution is 2.56. The number of hydrogen-bond acceptors (Lipinski definition) is 5. The normalized spacial score (nSPS) is 59.0. The van der Waals surface area contributed by atoms with Crippen LogP contribution in [0.25, 0.3) is 0 Å². The van der Waals surface area contributed by atoms with Crippen LogP contribution in [0.3, 0.4) is 0 Å². The third kappa shape index (κ3) is 3.12. The predicted octanol–water partition coefficient (Wildman–Crippen LogP) is 2.98. The van der Waals surface area contributed by atoms with Crippen LogP contribution in [0.5, 0.6) is 0 Å². The molecule has 3 rings (SSSR count). The quantitative estimate of drug-likeness (QED) is 0.750. The maximum absolute atomic E-state index is 13.0. The summed E-state index contributed by atoms with van der Waals surface area (Å²) < 4.78 is 58.3. The molecule has 3 aliphatic heterocycles. The van der Waals surface area contributed by atoms with E-state index < -0.39 is 33.0 Å². The average Bonchev–Trinajstić information content (AvgIpc) is 3.00. The predicted molar refractivity (Wildman–Crippen MR) is 75.0 cm³/mol. The van der Waals surface area contributed by atoms with Crippen molar-refractivity contribution in [2.45, 2.75) is 63.9 Å². The molecule has 116 valence electrons. The first kappa shape index (κ1) is 11.6. The maximum atomic E-state index is 13.0. The van der Waals surface area contributed by atoms with E-state index in [2.05, 4.69) is 0 Å². The van der Waals surface area contributed by atoms with Gasteiger partial charge in [-0.1, -0.05) is 6.92 Å². The highest BCUT2D eigenvalue weighted by Gasteiger charge is 2.43. The summed E-state index contributed by atoms with van der Waals surface area (Å²) in [5, 5.41) is 0. The Morgan fingerprint density at radius 2 is 2.20 bits per heavy atom. The van der Waals surface area contributed by atoms with Gasteiger partial charge in [-0.25, -0.2) is 0 Å². The van der Waals surface area contributed by atoms with Gasteiger partial charge >= 0.3 is 7.60 Å². The summed E-state index contributed by atoms with van der Waals surface area (Å²) in [7, 11) is -3.28. The summed E-state index contributed by atoms with van der Waals surface area (Å²) in [6, 6.07) is 0. The van der Waals surface area contributed by atoms with Crippen LogP contribution in [0.1, 0.15) is 43.6 Å². The molecular weight excluding hydrogens is 279 g/mol. The van der Waals surface area contributed by atoms with Crippen molar-refractivity contribution in [3.63, 3.8) is 0 Å². The van der Waals surface area contributed by atoms with Crippen LogP contribution in [0.2, 0.25) is 0 Å². The number of ether oxygens (including phenoxy) is 2. The summed E-state index contributed by atoms with van der Waals surface area (Å²) in [6.45, 7) is 0.729. The molecule has 0 radical (unpaired) electrons. The molecule has 0 aromatic rings. The minimum atomic E-state index is -3.28. The van der Waals surface area contributed by atoms with Gasteiger partial charge in [-0.2, -0.15) is 0 Å². The zero-order chi connectivity index (χ0) is 16.6. The second-order valence-corrected chi connectivity index (χ2v) is 7.91. The Bertz CT molecular complexity index is 468. The topological polar surface area (TPSA) is 54.0 Å². The van der Waals surface area contributed by atoms with Crippen molar-refractivity contribution in [1.82, 2.24) is 0 Å². The van der Waals surface area contributed by atoms with E-state index in [1.54, 1.807) is 0 Å². The zero-order valence-electron chi connectivity index (χ0n) is 14.8. The van der Waals surface area contributed by atoms with Gasteiger partial charge in [0.15, 0.2) is 0 Å². The highest BCUT2D eigenvalue weighted by molar-refractivity contribution is 7.53. The van der Waals surface area contributed by atoms with Gasteiger partial charge in [0, 0.05) is 21.0 Å². The van der Waals surface area contributed by atoms with Crippen molar-refractivity contribution in [2.24, 2.45) is 5.92 Å². The standard InChI is InChI=1S/C14H25O5P/c1-10-5-7-17-14(10)13-4-3-9-20(15,19-13)18-12-6-8-16-11(12)2/h10-14H,3-9H2,1-2H3/t10-,11+,12-,13+,14-,20-/m0/s1/i2D,7T,8T/t7-,8-,10-,11+,12-,13+,14-,20-. The van der Waals surface area contributed by atoms with E-state index in [0.717, 1.165) is 12.8 Å². The SMILES string of the molecule is [2H]C[C@H]1O[C@@H]([3H])C[C@@H]1O[P@@]1(=O)CCC[C@H]([C@H]2O[C@@H]([3H])C[C@@H]2C)O1. The second-order valence-electron chi connectivity index (χ2n) is 5.82. The van der Waals surface area contributed by atoms with Crippen molar-refractivity contribution in [3.05, 3.63) is 0 Å².